The molecule has 0 amide bonds. The second-order valence-electron chi connectivity index (χ2n) is 8.72. The van der Waals surface area contributed by atoms with Gasteiger partial charge in [0, 0.05) is 36.8 Å². The summed E-state index contributed by atoms with van der Waals surface area (Å²) in [5, 5.41) is 0. The summed E-state index contributed by atoms with van der Waals surface area (Å²) in [6.07, 6.45) is 4.14. The number of nitrogens with one attached hydrogen (secondary N) is 1. The Morgan fingerprint density at radius 3 is 2.62 bits per heavy atom. The molecule has 40 heavy (non-hydrogen) atoms. The molecular weight excluding hydrogens is 549 g/mol. The molecule has 0 saturated carbocycles. The van der Waals surface area contributed by atoms with Crippen molar-refractivity contribution in [2.24, 2.45) is 10.7 Å². The molecule has 1 fully saturated rings. The lowest BCUT2D eigenvalue weighted by atomic mass is 9.99. The number of esters is 1. The molecule has 210 valence electrons. The van der Waals surface area contributed by atoms with E-state index < -0.39 is 44.0 Å². The first-order valence-corrected chi connectivity index (χ1v) is 13.5. The maximum Gasteiger partial charge on any atom is 0.356 e. The van der Waals surface area contributed by atoms with E-state index >= 15 is 4.39 Å². The molecule has 9 nitrogen and oxygen atoms in total. The van der Waals surface area contributed by atoms with E-state index in [-0.39, 0.29) is 28.6 Å². The van der Waals surface area contributed by atoms with Gasteiger partial charge in [0.05, 0.1) is 24.5 Å². The molecule has 1 aliphatic heterocycles. The molecule has 0 spiro atoms. The zero-order chi connectivity index (χ0) is 28.9. The number of allylic oxidation sites excluding steroid dienone is 1. The number of nitrogens with zero attached hydrogens (tertiary/aromatic N) is 2. The van der Waals surface area contributed by atoms with Crippen LogP contribution in [-0.4, -0.2) is 52.0 Å². The number of benzene rings is 2. The Bertz CT molecular complexity index is 1590. The number of pyridine rings is 1. The van der Waals surface area contributed by atoms with E-state index in [0.29, 0.717) is 43.8 Å². The Labute approximate surface area is 228 Å². The quantitative estimate of drug-likeness (QED) is 0.305. The van der Waals surface area contributed by atoms with Crippen LogP contribution in [-0.2, 0) is 19.5 Å². The monoisotopic (exact) mass is 574 g/mol. The number of nitrogens with two attached hydrogens (primary N) is 1. The zero-order valence-corrected chi connectivity index (χ0v) is 22.1. The van der Waals surface area contributed by atoms with Gasteiger partial charge in [-0.05, 0) is 60.9 Å². The van der Waals surface area contributed by atoms with Crippen LogP contribution in [0.2, 0.25) is 0 Å². The molecule has 1 saturated heterocycles. The van der Waals surface area contributed by atoms with Crippen molar-refractivity contribution in [1.29, 1.82) is 0 Å². The van der Waals surface area contributed by atoms with Crippen molar-refractivity contribution in [2.75, 3.05) is 25.0 Å². The predicted molar refractivity (Wildman–Crippen MR) is 142 cm³/mol. The summed E-state index contributed by atoms with van der Waals surface area (Å²) in [6.45, 7) is 1.06. The summed E-state index contributed by atoms with van der Waals surface area (Å²) in [7, 11) is -3.51. The maximum atomic E-state index is 15.7. The molecule has 0 radical (unpaired) electrons. The summed E-state index contributed by atoms with van der Waals surface area (Å²) >= 11 is 0. The van der Waals surface area contributed by atoms with Gasteiger partial charge in [0.15, 0.2) is 5.82 Å². The van der Waals surface area contributed by atoms with Gasteiger partial charge in [0.2, 0.25) is 0 Å². The van der Waals surface area contributed by atoms with E-state index in [1.54, 1.807) is 6.07 Å². The van der Waals surface area contributed by atoms with Gasteiger partial charge < -0.3 is 15.2 Å². The minimum absolute atomic E-state index is 0.0242. The van der Waals surface area contributed by atoms with E-state index in [1.807, 2.05) is 4.72 Å². The van der Waals surface area contributed by atoms with Crippen LogP contribution in [0, 0.1) is 17.5 Å². The van der Waals surface area contributed by atoms with Crippen LogP contribution in [0.5, 0.6) is 0 Å². The number of anilines is 1. The summed E-state index contributed by atoms with van der Waals surface area (Å²) in [5.41, 5.74) is 6.13. The number of hydrogen-bond acceptors (Lipinski definition) is 8. The number of hydrogen-bond donors (Lipinski definition) is 2. The minimum Gasteiger partial charge on any atom is -0.464 e. The number of ether oxygens (including phenoxy) is 2. The number of rotatable bonds is 8. The van der Waals surface area contributed by atoms with Crippen molar-refractivity contribution >= 4 is 39.2 Å². The Kier molecular flexibility index (Phi) is 8.85. The first-order chi connectivity index (χ1) is 19.1. The van der Waals surface area contributed by atoms with Crippen LogP contribution in [0.15, 0.2) is 64.6 Å². The van der Waals surface area contributed by atoms with Crippen molar-refractivity contribution < 1.29 is 35.9 Å². The van der Waals surface area contributed by atoms with Gasteiger partial charge >= 0.3 is 5.97 Å². The number of carbonyl (C=O) groups is 1. The largest absolute Gasteiger partial charge is 0.464 e. The van der Waals surface area contributed by atoms with Crippen LogP contribution in [0.1, 0.15) is 34.5 Å². The second-order valence-corrected chi connectivity index (χ2v) is 10.4. The third kappa shape index (κ3) is 6.49. The molecule has 0 unspecified atom stereocenters. The molecular formula is C27H25F3N4O5S. The van der Waals surface area contributed by atoms with E-state index in [9.17, 15) is 22.0 Å². The number of aromatic nitrogens is 1. The molecule has 0 bridgehead atoms. The van der Waals surface area contributed by atoms with E-state index in [1.165, 1.54) is 37.7 Å². The van der Waals surface area contributed by atoms with Crippen molar-refractivity contribution in [3.05, 3.63) is 89.0 Å². The fraction of sp³-hybridized carbons (Fsp3) is 0.222. The number of carbonyl (C=O) groups excluding carboxylic acids is 1. The smallest absolute Gasteiger partial charge is 0.356 e. The van der Waals surface area contributed by atoms with Gasteiger partial charge in [-0.15, -0.1) is 0 Å². The molecule has 2 aromatic carbocycles. The van der Waals surface area contributed by atoms with Gasteiger partial charge in [-0.2, -0.15) is 0 Å². The van der Waals surface area contributed by atoms with Crippen LogP contribution >= 0.6 is 0 Å². The van der Waals surface area contributed by atoms with Crippen molar-refractivity contribution in [3.63, 3.8) is 0 Å². The molecule has 2 heterocycles. The Hall–Kier alpha value is -4.23. The number of methoxy groups -OCH3 is 1. The van der Waals surface area contributed by atoms with Gasteiger partial charge in [-0.1, -0.05) is 6.07 Å². The van der Waals surface area contributed by atoms with Gasteiger partial charge in [0.1, 0.15) is 22.2 Å². The van der Waals surface area contributed by atoms with Crippen molar-refractivity contribution in [3.8, 4) is 0 Å². The topological polar surface area (TPSA) is 133 Å². The number of halogens is 3. The molecule has 1 aliphatic rings. The first kappa shape index (κ1) is 28.8. The fourth-order valence-electron chi connectivity index (χ4n) is 3.97. The zero-order valence-electron chi connectivity index (χ0n) is 21.2. The summed E-state index contributed by atoms with van der Waals surface area (Å²) in [4.78, 5) is 19.6. The Balaban J connectivity index is 1.79. The van der Waals surface area contributed by atoms with Crippen LogP contribution in [0.4, 0.5) is 18.9 Å². The Morgan fingerprint density at radius 2 is 1.90 bits per heavy atom. The third-order valence-corrected chi connectivity index (χ3v) is 7.46. The highest BCUT2D eigenvalue weighted by Gasteiger charge is 2.24. The van der Waals surface area contributed by atoms with Gasteiger partial charge in [-0.25, -0.2) is 31.4 Å². The average molecular weight is 575 g/mol. The number of sulfonamides is 1. The summed E-state index contributed by atoms with van der Waals surface area (Å²) in [6, 6.07) is 8.53. The van der Waals surface area contributed by atoms with Crippen molar-refractivity contribution in [1.82, 2.24) is 4.98 Å². The highest BCUT2D eigenvalue weighted by Crippen LogP contribution is 2.29. The lowest BCUT2D eigenvalue weighted by Crippen LogP contribution is -2.19. The van der Waals surface area contributed by atoms with Gasteiger partial charge in [0.25, 0.3) is 10.0 Å². The Morgan fingerprint density at radius 1 is 1.15 bits per heavy atom. The lowest BCUT2D eigenvalue weighted by molar-refractivity contribution is 0.0594. The first-order valence-electron chi connectivity index (χ1n) is 12.0. The highest BCUT2D eigenvalue weighted by atomic mass is 32.2. The molecule has 0 aliphatic carbocycles. The SMILES string of the molecule is COC(=O)c1cc(C(C=NC2CCOCC2)=C(N)c2cccc(NS(=O)(=O)c3cc(F)ccc3F)c2F)ccn1. The third-order valence-electron chi connectivity index (χ3n) is 6.08. The van der Waals surface area contributed by atoms with E-state index in [0.717, 1.165) is 12.1 Å². The molecule has 3 aromatic rings. The highest BCUT2D eigenvalue weighted by molar-refractivity contribution is 7.92. The van der Waals surface area contributed by atoms with Gasteiger partial charge in [-0.3, -0.25) is 9.71 Å². The molecule has 13 heteroatoms. The van der Waals surface area contributed by atoms with Crippen LogP contribution in [0.3, 0.4) is 0 Å². The summed E-state index contributed by atoms with van der Waals surface area (Å²) < 4.78 is 81.1. The standard InChI is InChI=1S/C27H25F3N4O5S/c1-38-27(35)23-13-16(7-10-32-23)20(15-33-18-8-11-39-12-9-18)26(31)19-3-2-4-22(25(19)30)34-40(36,37)24-14-17(28)5-6-21(24)29/h2-7,10,13-15,18,34H,8-9,11-12,31H2,1H3. The normalized spacial score (nSPS) is 15.1. The second kappa shape index (κ2) is 12.3. The van der Waals surface area contributed by atoms with Crippen LogP contribution < -0.4 is 10.5 Å². The number of aliphatic imine (C=N–C) groups is 1. The molecule has 4 rings (SSSR count). The maximum absolute atomic E-state index is 15.7. The van der Waals surface area contributed by atoms with E-state index in [4.69, 9.17) is 15.2 Å². The average Bonchev–Trinajstić information content (AvgIpc) is 2.95. The molecule has 0 atom stereocenters. The van der Waals surface area contributed by atoms with Crippen molar-refractivity contribution in [2.45, 2.75) is 23.8 Å². The minimum atomic E-state index is -4.71. The predicted octanol–water partition coefficient (Wildman–Crippen LogP) is 4.16. The lowest BCUT2D eigenvalue weighted by Gasteiger charge is -2.19. The molecule has 3 N–H and O–H groups in total. The molecule has 1 aromatic heterocycles. The van der Waals surface area contributed by atoms with Crippen LogP contribution in [0.25, 0.3) is 11.3 Å². The fourth-order valence-corrected chi connectivity index (χ4v) is 5.12. The summed E-state index contributed by atoms with van der Waals surface area (Å²) in [5.74, 6) is -3.97. The van der Waals surface area contributed by atoms with E-state index in [2.05, 4.69) is 9.98 Å².